The molecule has 0 bridgehead atoms. The van der Waals surface area contributed by atoms with E-state index in [4.69, 9.17) is 11.6 Å². The summed E-state index contributed by atoms with van der Waals surface area (Å²) in [5.74, 6) is -2.41. The van der Waals surface area contributed by atoms with Gasteiger partial charge in [-0.25, -0.2) is 13.2 Å². The zero-order valence-electron chi connectivity index (χ0n) is 10.3. The highest BCUT2D eigenvalue weighted by atomic mass is 35.5. The summed E-state index contributed by atoms with van der Waals surface area (Å²) in [5.41, 5.74) is 0.447. The number of ketones is 1. The summed E-state index contributed by atoms with van der Waals surface area (Å²) in [4.78, 5) is 11.8. The Morgan fingerprint density at radius 2 is 1.65 bits per heavy atom. The van der Waals surface area contributed by atoms with E-state index in [1.807, 2.05) is 0 Å². The van der Waals surface area contributed by atoms with Crippen molar-refractivity contribution in [1.82, 2.24) is 0 Å². The summed E-state index contributed by atoms with van der Waals surface area (Å²) in [5, 5.41) is -0.111. The number of Topliss-reactive ketones (excluding diaryl/α,β-unsaturated/α-hetero) is 1. The van der Waals surface area contributed by atoms with Gasteiger partial charge in [-0.1, -0.05) is 29.8 Å². The summed E-state index contributed by atoms with van der Waals surface area (Å²) >= 11 is 5.74. The SMILES string of the molecule is O=C(Cc1ccc(F)cc1F)Cc1cccc(F)c1Cl. The van der Waals surface area contributed by atoms with Crippen molar-refractivity contribution in [3.63, 3.8) is 0 Å². The van der Waals surface area contributed by atoms with Crippen molar-refractivity contribution in [3.8, 4) is 0 Å². The van der Waals surface area contributed by atoms with Crippen LogP contribution in [0.1, 0.15) is 11.1 Å². The first-order valence-corrected chi connectivity index (χ1v) is 6.23. The minimum Gasteiger partial charge on any atom is -0.299 e. The first-order chi connectivity index (χ1) is 9.47. The Bertz CT molecular complexity index is 656. The second kappa shape index (κ2) is 6.09. The molecule has 0 atom stereocenters. The largest absolute Gasteiger partial charge is 0.299 e. The van der Waals surface area contributed by atoms with Crippen molar-refractivity contribution in [2.75, 3.05) is 0 Å². The average molecular weight is 299 g/mol. The Morgan fingerprint density at radius 1 is 0.950 bits per heavy atom. The Kier molecular flexibility index (Phi) is 4.45. The normalized spacial score (nSPS) is 10.6. The fourth-order valence-corrected chi connectivity index (χ4v) is 2.03. The van der Waals surface area contributed by atoms with Crippen LogP contribution in [0.3, 0.4) is 0 Å². The lowest BCUT2D eigenvalue weighted by atomic mass is 10.0. The van der Waals surface area contributed by atoms with Crippen molar-refractivity contribution >= 4 is 17.4 Å². The van der Waals surface area contributed by atoms with Crippen LogP contribution in [0.5, 0.6) is 0 Å². The van der Waals surface area contributed by atoms with Gasteiger partial charge in [0.1, 0.15) is 23.2 Å². The molecule has 5 heteroatoms. The summed E-state index contributed by atoms with van der Waals surface area (Å²) < 4.78 is 39.4. The van der Waals surface area contributed by atoms with E-state index in [2.05, 4.69) is 0 Å². The van der Waals surface area contributed by atoms with Crippen molar-refractivity contribution in [2.45, 2.75) is 12.8 Å². The van der Waals surface area contributed by atoms with E-state index in [9.17, 15) is 18.0 Å². The van der Waals surface area contributed by atoms with Crippen molar-refractivity contribution in [3.05, 3.63) is 70.0 Å². The first kappa shape index (κ1) is 14.6. The Morgan fingerprint density at radius 3 is 2.35 bits per heavy atom. The van der Waals surface area contributed by atoms with Crippen molar-refractivity contribution in [1.29, 1.82) is 0 Å². The second-order valence-corrected chi connectivity index (χ2v) is 4.72. The number of benzene rings is 2. The summed E-state index contributed by atoms with van der Waals surface area (Å²) in [6.07, 6.45) is -0.299. The Balaban J connectivity index is 2.11. The van der Waals surface area contributed by atoms with Crippen LogP contribution in [0.25, 0.3) is 0 Å². The molecule has 0 spiro atoms. The molecule has 0 saturated heterocycles. The maximum atomic E-state index is 13.4. The Labute approximate surface area is 119 Å². The van der Waals surface area contributed by atoms with Crippen LogP contribution in [-0.2, 0) is 17.6 Å². The van der Waals surface area contributed by atoms with Gasteiger partial charge in [-0.2, -0.15) is 0 Å². The zero-order chi connectivity index (χ0) is 14.7. The molecule has 2 aromatic carbocycles. The molecule has 0 heterocycles. The maximum absolute atomic E-state index is 13.4. The molecular weight excluding hydrogens is 289 g/mol. The smallest absolute Gasteiger partial charge is 0.142 e. The van der Waals surface area contributed by atoms with Crippen LogP contribution in [0.4, 0.5) is 13.2 Å². The van der Waals surface area contributed by atoms with Crippen LogP contribution in [0.2, 0.25) is 5.02 Å². The molecule has 2 rings (SSSR count). The lowest BCUT2D eigenvalue weighted by molar-refractivity contribution is -0.117. The van der Waals surface area contributed by atoms with Gasteiger partial charge in [0.15, 0.2) is 0 Å². The van der Waals surface area contributed by atoms with E-state index in [1.54, 1.807) is 0 Å². The van der Waals surface area contributed by atoms with Crippen molar-refractivity contribution < 1.29 is 18.0 Å². The monoisotopic (exact) mass is 298 g/mol. The highest BCUT2D eigenvalue weighted by Crippen LogP contribution is 2.21. The molecule has 0 aliphatic heterocycles. The van der Waals surface area contributed by atoms with Gasteiger partial charge in [0.2, 0.25) is 0 Å². The molecule has 0 amide bonds. The highest BCUT2D eigenvalue weighted by Gasteiger charge is 2.13. The minimum absolute atomic E-state index is 0.101. The van der Waals surface area contributed by atoms with Crippen LogP contribution in [0.15, 0.2) is 36.4 Å². The molecule has 1 nitrogen and oxygen atoms in total. The minimum atomic E-state index is -0.774. The summed E-state index contributed by atoms with van der Waals surface area (Å²) in [6.45, 7) is 0. The van der Waals surface area contributed by atoms with E-state index in [0.29, 0.717) is 5.56 Å². The van der Waals surface area contributed by atoms with Gasteiger partial charge in [0.25, 0.3) is 0 Å². The predicted octanol–water partition coefficient (Wildman–Crippen LogP) is 4.11. The summed E-state index contributed by atoms with van der Waals surface area (Å²) in [6, 6.07) is 7.19. The topological polar surface area (TPSA) is 17.1 Å². The molecule has 0 aliphatic carbocycles. The van der Waals surface area contributed by atoms with E-state index in [-0.39, 0.29) is 29.2 Å². The van der Waals surface area contributed by atoms with Crippen LogP contribution in [0, 0.1) is 17.5 Å². The standard InChI is InChI=1S/C15H10ClF3O/c16-15-10(2-1-3-13(15)18)7-12(20)6-9-4-5-11(17)8-14(9)19/h1-5,8H,6-7H2. The molecule has 0 N–H and O–H groups in total. The predicted molar refractivity (Wildman–Crippen MR) is 70.2 cm³/mol. The third-order valence-corrected chi connectivity index (χ3v) is 3.25. The van der Waals surface area contributed by atoms with Gasteiger partial charge in [-0.3, -0.25) is 4.79 Å². The van der Waals surface area contributed by atoms with Gasteiger partial charge in [0, 0.05) is 18.9 Å². The number of hydrogen-bond acceptors (Lipinski definition) is 1. The third kappa shape index (κ3) is 3.39. The van der Waals surface area contributed by atoms with Gasteiger partial charge in [-0.15, -0.1) is 0 Å². The lowest BCUT2D eigenvalue weighted by Crippen LogP contribution is -2.09. The number of halogens is 4. The van der Waals surface area contributed by atoms with E-state index in [0.717, 1.165) is 12.1 Å². The number of carbonyl (C=O) groups is 1. The number of carbonyl (C=O) groups excluding carboxylic acids is 1. The summed E-state index contributed by atoms with van der Waals surface area (Å²) in [7, 11) is 0. The molecule has 0 aliphatic rings. The first-order valence-electron chi connectivity index (χ1n) is 5.86. The quantitative estimate of drug-likeness (QED) is 0.830. The molecule has 104 valence electrons. The van der Waals surface area contributed by atoms with E-state index < -0.39 is 17.5 Å². The highest BCUT2D eigenvalue weighted by molar-refractivity contribution is 6.31. The van der Waals surface area contributed by atoms with Crippen molar-refractivity contribution in [2.24, 2.45) is 0 Å². The third-order valence-electron chi connectivity index (χ3n) is 2.82. The van der Waals surface area contributed by atoms with Gasteiger partial charge >= 0.3 is 0 Å². The van der Waals surface area contributed by atoms with Crippen LogP contribution in [-0.4, -0.2) is 5.78 Å². The maximum Gasteiger partial charge on any atom is 0.142 e. The molecule has 2 aromatic rings. The molecule has 0 radical (unpaired) electrons. The van der Waals surface area contributed by atoms with Gasteiger partial charge in [-0.05, 0) is 23.3 Å². The number of rotatable bonds is 4. The fourth-order valence-electron chi connectivity index (χ4n) is 1.84. The van der Waals surface area contributed by atoms with Crippen LogP contribution < -0.4 is 0 Å². The van der Waals surface area contributed by atoms with E-state index in [1.165, 1.54) is 24.3 Å². The average Bonchev–Trinajstić information content (AvgIpc) is 2.38. The van der Waals surface area contributed by atoms with Gasteiger partial charge in [0.05, 0.1) is 5.02 Å². The molecule has 0 aromatic heterocycles. The van der Waals surface area contributed by atoms with E-state index >= 15 is 0 Å². The molecule has 0 unspecified atom stereocenters. The Hall–Kier alpha value is -1.81. The fraction of sp³-hybridized carbons (Fsp3) is 0.133. The number of hydrogen-bond donors (Lipinski definition) is 0. The second-order valence-electron chi connectivity index (χ2n) is 4.34. The molecule has 20 heavy (non-hydrogen) atoms. The molecule has 0 saturated carbocycles. The zero-order valence-corrected chi connectivity index (χ0v) is 11.1. The molecule has 0 fully saturated rings. The molecular formula is C15H10ClF3O. The van der Waals surface area contributed by atoms with Crippen LogP contribution >= 0.6 is 11.6 Å². The van der Waals surface area contributed by atoms with Gasteiger partial charge < -0.3 is 0 Å². The lowest BCUT2D eigenvalue weighted by Gasteiger charge is -2.05.